The molecule has 1 N–H and O–H groups in total. The van der Waals surface area contributed by atoms with Crippen molar-refractivity contribution < 1.29 is 9.90 Å². The van der Waals surface area contributed by atoms with Crippen molar-refractivity contribution in [1.82, 2.24) is 0 Å². The van der Waals surface area contributed by atoms with E-state index in [0.717, 1.165) is 0 Å². The second-order valence-corrected chi connectivity index (χ2v) is 4.05. The largest absolute Gasteiger partial charge is 0.392 e. The summed E-state index contributed by atoms with van der Waals surface area (Å²) in [6.45, 7) is 3.96. The van der Waals surface area contributed by atoms with E-state index >= 15 is 0 Å². The van der Waals surface area contributed by atoms with E-state index in [9.17, 15) is 9.90 Å². The number of rotatable bonds is 0. The second-order valence-electron chi connectivity index (χ2n) is 4.05. The number of carbonyl (C=O) groups is 1. The zero-order chi connectivity index (χ0) is 8.88. The fraction of sp³-hybridized carbons (Fsp3) is 0.700. The van der Waals surface area contributed by atoms with Crippen molar-refractivity contribution in [3.05, 3.63) is 12.2 Å². The molecule has 12 heavy (non-hydrogen) atoms. The molecular formula is C10H14O2. The fourth-order valence-corrected chi connectivity index (χ4v) is 2.49. The predicted octanol–water partition coefficient (Wildman–Crippen LogP) is 1.00. The number of carbonyl (C=O) groups excluding carboxylic acids is 1. The highest BCUT2D eigenvalue weighted by molar-refractivity contribution is 5.93. The molecule has 2 rings (SSSR count). The molecule has 0 aliphatic heterocycles. The average Bonchev–Trinajstić information content (AvgIpc) is 2.08. The van der Waals surface area contributed by atoms with Crippen LogP contribution < -0.4 is 0 Å². The summed E-state index contributed by atoms with van der Waals surface area (Å²) in [6.07, 6.45) is 3.37. The van der Waals surface area contributed by atoms with Gasteiger partial charge in [-0.15, -0.1) is 0 Å². The highest BCUT2D eigenvalue weighted by Gasteiger charge is 2.50. The van der Waals surface area contributed by atoms with E-state index in [1.807, 2.05) is 19.9 Å². The van der Waals surface area contributed by atoms with Gasteiger partial charge in [-0.05, 0) is 17.9 Å². The van der Waals surface area contributed by atoms with Crippen LogP contribution in [0.5, 0.6) is 0 Å². The first-order valence-electron chi connectivity index (χ1n) is 4.53. The maximum Gasteiger partial charge on any atom is 0.158 e. The van der Waals surface area contributed by atoms with Gasteiger partial charge in [-0.3, -0.25) is 4.79 Å². The Bertz CT molecular complexity index is 244. The maximum absolute atomic E-state index is 11.2. The number of aliphatic hydroxyl groups is 1. The van der Waals surface area contributed by atoms with E-state index < -0.39 is 0 Å². The van der Waals surface area contributed by atoms with E-state index in [4.69, 9.17) is 0 Å². The Balaban J connectivity index is 2.24. The molecule has 2 aliphatic rings. The molecule has 0 amide bonds. The Morgan fingerprint density at radius 3 is 2.75 bits per heavy atom. The van der Waals surface area contributed by atoms with E-state index in [2.05, 4.69) is 0 Å². The summed E-state index contributed by atoms with van der Waals surface area (Å²) in [4.78, 5) is 11.2. The Hall–Kier alpha value is -0.630. The van der Waals surface area contributed by atoms with Gasteiger partial charge in [-0.2, -0.15) is 0 Å². The molecule has 0 aromatic carbocycles. The Labute approximate surface area is 72.3 Å². The summed E-state index contributed by atoms with van der Waals surface area (Å²) in [7, 11) is 0. The molecule has 2 nitrogen and oxygen atoms in total. The molecule has 2 aliphatic carbocycles. The van der Waals surface area contributed by atoms with Crippen LogP contribution in [0.2, 0.25) is 0 Å². The van der Waals surface area contributed by atoms with Gasteiger partial charge in [0.25, 0.3) is 0 Å². The average molecular weight is 166 g/mol. The molecular weight excluding hydrogens is 152 g/mol. The van der Waals surface area contributed by atoms with Crippen LogP contribution in [0.4, 0.5) is 0 Å². The van der Waals surface area contributed by atoms with Gasteiger partial charge in [-0.25, -0.2) is 0 Å². The molecule has 0 unspecified atom stereocenters. The highest BCUT2D eigenvalue weighted by Crippen LogP contribution is 2.47. The Kier molecular flexibility index (Phi) is 1.62. The van der Waals surface area contributed by atoms with Crippen LogP contribution >= 0.6 is 0 Å². The lowest BCUT2D eigenvalue weighted by Crippen LogP contribution is -2.54. The van der Waals surface area contributed by atoms with Crippen molar-refractivity contribution in [1.29, 1.82) is 0 Å². The molecule has 0 aromatic rings. The van der Waals surface area contributed by atoms with Crippen molar-refractivity contribution in [3.63, 3.8) is 0 Å². The summed E-state index contributed by atoms with van der Waals surface area (Å²) in [5.74, 6) is 1.15. The minimum atomic E-state index is -0.265. The van der Waals surface area contributed by atoms with Crippen LogP contribution in [0, 0.1) is 23.7 Å². The second kappa shape index (κ2) is 2.43. The van der Waals surface area contributed by atoms with Gasteiger partial charge < -0.3 is 5.11 Å². The van der Waals surface area contributed by atoms with Gasteiger partial charge in [0, 0.05) is 11.8 Å². The number of hydrogen-bond donors (Lipinski definition) is 1. The number of ketones is 1. The zero-order valence-electron chi connectivity index (χ0n) is 7.40. The lowest BCUT2D eigenvalue weighted by atomic mass is 9.56. The molecule has 0 spiro atoms. The summed E-state index contributed by atoms with van der Waals surface area (Å²) >= 11 is 0. The molecule has 1 saturated carbocycles. The van der Waals surface area contributed by atoms with Gasteiger partial charge >= 0.3 is 0 Å². The van der Waals surface area contributed by atoms with Gasteiger partial charge in [0.1, 0.15) is 0 Å². The van der Waals surface area contributed by atoms with E-state index in [1.54, 1.807) is 6.08 Å². The summed E-state index contributed by atoms with van der Waals surface area (Å²) < 4.78 is 0. The van der Waals surface area contributed by atoms with Crippen LogP contribution in [0.15, 0.2) is 12.2 Å². The smallest absolute Gasteiger partial charge is 0.158 e. The monoisotopic (exact) mass is 166 g/mol. The number of allylic oxidation sites excluding steroid dienone is 2. The molecule has 0 heterocycles. The van der Waals surface area contributed by atoms with Crippen molar-refractivity contribution in [3.8, 4) is 0 Å². The Morgan fingerprint density at radius 1 is 1.42 bits per heavy atom. The normalized spacial score (nSPS) is 51.6. The summed E-state index contributed by atoms with van der Waals surface area (Å²) in [5, 5.41) is 9.61. The molecule has 0 aromatic heterocycles. The lowest BCUT2D eigenvalue weighted by molar-refractivity contribution is -0.137. The lowest BCUT2D eigenvalue weighted by Gasteiger charge is -2.50. The first-order valence-corrected chi connectivity index (χ1v) is 4.53. The van der Waals surface area contributed by atoms with Crippen molar-refractivity contribution in [2.24, 2.45) is 23.7 Å². The first kappa shape index (κ1) is 7.99. The van der Waals surface area contributed by atoms with Crippen LogP contribution in [-0.4, -0.2) is 17.0 Å². The van der Waals surface area contributed by atoms with Gasteiger partial charge in [0.15, 0.2) is 5.78 Å². The molecule has 0 bridgehead atoms. The van der Waals surface area contributed by atoms with E-state index in [0.29, 0.717) is 11.8 Å². The van der Waals surface area contributed by atoms with Crippen molar-refractivity contribution >= 4 is 5.78 Å². The predicted molar refractivity (Wildman–Crippen MR) is 45.5 cm³/mol. The quantitative estimate of drug-likeness (QED) is 0.583. The van der Waals surface area contributed by atoms with Gasteiger partial charge in [0.05, 0.1) is 6.10 Å². The molecule has 0 saturated heterocycles. The molecule has 2 heteroatoms. The molecule has 66 valence electrons. The third kappa shape index (κ3) is 0.816. The minimum absolute atomic E-state index is 0.0196. The maximum atomic E-state index is 11.2. The van der Waals surface area contributed by atoms with E-state index in [1.165, 1.54) is 0 Å². The number of aliphatic hydroxyl groups excluding tert-OH is 1. The molecule has 0 radical (unpaired) electrons. The van der Waals surface area contributed by atoms with Gasteiger partial charge in [0.2, 0.25) is 0 Å². The number of hydrogen-bond acceptors (Lipinski definition) is 2. The van der Waals surface area contributed by atoms with Crippen molar-refractivity contribution in [2.45, 2.75) is 20.0 Å². The third-order valence-corrected chi connectivity index (χ3v) is 3.49. The molecule has 1 fully saturated rings. The Morgan fingerprint density at radius 2 is 2.08 bits per heavy atom. The SMILES string of the molecule is C[C@@H]1[C@@H](O)[C@@H]2[C@H]1C=CC(=O)[C@H]2C. The topological polar surface area (TPSA) is 37.3 Å². The van der Waals surface area contributed by atoms with Crippen LogP contribution in [0.25, 0.3) is 0 Å². The first-order chi connectivity index (χ1) is 5.63. The van der Waals surface area contributed by atoms with Crippen LogP contribution in [0.3, 0.4) is 0 Å². The molecule has 5 atom stereocenters. The zero-order valence-corrected chi connectivity index (χ0v) is 7.40. The van der Waals surface area contributed by atoms with Crippen LogP contribution in [0.1, 0.15) is 13.8 Å². The third-order valence-electron chi connectivity index (χ3n) is 3.49. The van der Waals surface area contributed by atoms with Crippen LogP contribution in [-0.2, 0) is 4.79 Å². The van der Waals surface area contributed by atoms with Crippen molar-refractivity contribution in [2.75, 3.05) is 0 Å². The van der Waals surface area contributed by atoms with E-state index in [-0.39, 0.29) is 23.7 Å². The highest BCUT2D eigenvalue weighted by atomic mass is 16.3. The number of fused-ring (bicyclic) bond motifs is 1. The standard InChI is InChI=1S/C10H14O2/c1-5-7-3-4-8(11)6(2)9(7)10(5)12/h3-7,9-10,12H,1-2H3/t5-,6+,7-,9-,10+/m0/s1. The van der Waals surface area contributed by atoms with Gasteiger partial charge in [-0.1, -0.05) is 19.9 Å². The summed E-state index contributed by atoms with van der Waals surface area (Å²) in [5.41, 5.74) is 0. The fourth-order valence-electron chi connectivity index (χ4n) is 2.49. The minimum Gasteiger partial charge on any atom is -0.392 e. The summed E-state index contributed by atoms with van der Waals surface area (Å²) in [6, 6.07) is 0.